The average molecular weight is 726 g/mol. The molecule has 2 amide bonds. The zero-order valence-electron chi connectivity index (χ0n) is 33.5. The summed E-state index contributed by atoms with van der Waals surface area (Å²) in [5, 5.41) is 21.9. The van der Waals surface area contributed by atoms with Gasteiger partial charge in [-0.15, -0.1) is 0 Å². The van der Waals surface area contributed by atoms with Gasteiger partial charge in [0.2, 0.25) is 0 Å². The number of piperazine rings is 1. The lowest BCUT2D eigenvalue weighted by Gasteiger charge is -2.72. The lowest BCUT2D eigenvalue weighted by molar-refractivity contribution is -0.235. The number of fused-ring (bicyclic) bond motifs is 7. The lowest BCUT2D eigenvalue weighted by Crippen LogP contribution is -2.66. The number of aliphatic hydroxyl groups excluding tert-OH is 1. The molecule has 5 aliphatic carbocycles. The second kappa shape index (κ2) is 13.1. The monoisotopic (exact) mass is 725 g/mol. The van der Waals surface area contributed by atoms with E-state index in [0.29, 0.717) is 51.0 Å². The van der Waals surface area contributed by atoms with Crippen LogP contribution in [0.1, 0.15) is 127 Å². The number of ketones is 1. The molecule has 4 saturated carbocycles. The molecule has 4 N–H and O–H groups in total. The predicted octanol–water partition coefficient (Wildman–Crippen LogP) is 6.44. The van der Waals surface area contributed by atoms with E-state index in [1.54, 1.807) is 18.7 Å². The second-order valence-electron chi connectivity index (χ2n) is 20.2. The first-order chi connectivity index (χ1) is 24.0. The molecular formula is C42H67N3O7. The minimum Gasteiger partial charge on any atom is -0.481 e. The van der Waals surface area contributed by atoms with Crippen molar-refractivity contribution in [3.8, 4) is 0 Å². The number of carboxylic acid groups (broad SMARTS) is 1. The van der Waals surface area contributed by atoms with Crippen LogP contribution in [0.2, 0.25) is 0 Å². The molecule has 6 aliphatic rings. The molecule has 10 nitrogen and oxygen atoms in total. The van der Waals surface area contributed by atoms with Gasteiger partial charge in [-0.25, -0.2) is 4.79 Å². The van der Waals surface area contributed by atoms with Crippen LogP contribution in [0.4, 0.5) is 4.79 Å². The van der Waals surface area contributed by atoms with E-state index in [1.165, 1.54) is 5.57 Å². The lowest BCUT2D eigenvalue weighted by atomic mass is 9.33. The van der Waals surface area contributed by atoms with Gasteiger partial charge in [0.1, 0.15) is 6.10 Å². The minimum atomic E-state index is -1.17. The zero-order chi connectivity index (χ0) is 38.4. The van der Waals surface area contributed by atoms with Gasteiger partial charge in [-0.3, -0.25) is 19.3 Å². The fraction of sp³-hybridized carbons (Fsp3) is 0.857. The summed E-state index contributed by atoms with van der Waals surface area (Å²) in [7, 11) is 0. The number of Topliss-reactive ketones (excluding diaryl/α,β-unsaturated/α-hetero) is 1. The van der Waals surface area contributed by atoms with Gasteiger partial charge < -0.3 is 25.6 Å². The number of carboxylic acids is 1. The number of carbonyl (C=O) groups excluding carboxylic acids is 3. The predicted molar refractivity (Wildman–Crippen MR) is 199 cm³/mol. The van der Waals surface area contributed by atoms with Gasteiger partial charge in [0.25, 0.3) is 0 Å². The number of carbonyl (C=O) groups is 4. The number of ether oxygens (including phenoxy) is 1. The third-order valence-electron chi connectivity index (χ3n) is 16.6. The Morgan fingerprint density at radius 1 is 0.904 bits per heavy atom. The Morgan fingerprint density at radius 3 is 2.15 bits per heavy atom. The number of aliphatic hydroxyl groups is 1. The number of primary amides is 1. The number of amides is 2. The van der Waals surface area contributed by atoms with Crippen LogP contribution in [0.3, 0.4) is 0 Å². The molecule has 0 radical (unpaired) electrons. The van der Waals surface area contributed by atoms with E-state index < -0.39 is 34.9 Å². The number of allylic oxidation sites excluding steroid dienone is 1. The highest BCUT2D eigenvalue weighted by atomic mass is 16.5. The van der Waals surface area contributed by atoms with Gasteiger partial charge in [-0.05, 0) is 111 Å². The highest BCUT2D eigenvalue weighted by molar-refractivity contribution is 6.00. The largest absolute Gasteiger partial charge is 0.481 e. The number of esters is 1. The van der Waals surface area contributed by atoms with Crippen LogP contribution >= 0.6 is 0 Å². The number of nitrogens with two attached hydrogens (primary N) is 1. The molecule has 1 heterocycles. The Balaban J connectivity index is 1.27. The van der Waals surface area contributed by atoms with Crippen molar-refractivity contribution in [1.82, 2.24) is 9.80 Å². The first kappa shape index (κ1) is 39.2. The molecule has 5 fully saturated rings. The smallest absolute Gasteiger partial charge is 0.314 e. The van der Waals surface area contributed by atoms with Crippen LogP contribution in [-0.2, 0) is 19.1 Å². The molecule has 1 saturated heterocycles. The fourth-order valence-electron chi connectivity index (χ4n) is 13.5. The van der Waals surface area contributed by atoms with Crippen molar-refractivity contribution >= 4 is 23.8 Å². The van der Waals surface area contributed by atoms with E-state index in [9.17, 15) is 29.4 Å². The first-order valence-electron chi connectivity index (χ1n) is 20.2. The Labute approximate surface area is 311 Å². The molecule has 9 atom stereocenters. The molecule has 0 aromatic rings. The topological polar surface area (TPSA) is 150 Å². The molecule has 0 aromatic heterocycles. The van der Waals surface area contributed by atoms with Crippen LogP contribution < -0.4 is 5.73 Å². The number of rotatable bonds is 8. The second-order valence-corrected chi connectivity index (χ2v) is 20.2. The van der Waals surface area contributed by atoms with E-state index >= 15 is 0 Å². The molecule has 0 bridgehead atoms. The van der Waals surface area contributed by atoms with Gasteiger partial charge in [-0.2, -0.15) is 0 Å². The highest BCUT2D eigenvalue weighted by Gasteiger charge is 2.71. The van der Waals surface area contributed by atoms with Gasteiger partial charge in [0.15, 0.2) is 5.78 Å². The summed E-state index contributed by atoms with van der Waals surface area (Å²) < 4.78 is 6.16. The van der Waals surface area contributed by atoms with Gasteiger partial charge in [0, 0.05) is 50.0 Å². The number of hydrogen-bond donors (Lipinski definition) is 3. The normalized spacial score (nSPS) is 39.7. The van der Waals surface area contributed by atoms with Crippen molar-refractivity contribution in [2.45, 2.75) is 139 Å². The van der Waals surface area contributed by atoms with Crippen molar-refractivity contribution in [2.24, 2.45) is 61.9 Å². The van der Waals surface area contributed by atoms with Crippen LogP contribution in [0.15, 0.2) is 11.1 Å². The van der Waals surface area contributed by atoms with Gasteiger partial charge in [0.05, 0.1) is 17.9 Å². The fourth-order valence-corrected chi connectivity index (χ4v) is 13.5. The van der Waals surface area contributed by atoms with Gasteiger partial charge >= 0.3 is 18.0 Å². The van der Waals surface area contributed by atoms with Crippen molar-refractivity contribution in [2.75, 3.05) is 32.7 Å². The van der Waals surface area contributed by atoms with Crippen LogP contribution in [0.5, 0.6) is 0 Å². The Kier molecular flexibility index (Phi) is 9.88. The van der Waals surface area contributed by atoms with Gasteiger partial charge in [-0.1, -0.05) is 54.0 Å². The summed E-state index contributed by atoms with van der Waals surface area (Å²) in [4.78, 5) is 54.5. The summed E-state index contributed by atoms with van der Waals surface area (Å²) >= 11 is 0. The maximum absolute atomic E-state index is 14.1. The molecule has 292 valence electrons. The number of nitrogens with zero attached hydrogens (tertiary/aromatic N) is 2. The van der Waals surface area contributed by atoms with E-state index in [2.05, 4.69) is 53.4 Å². The quantitative estimate of drug-likeness (QED) is 0.242. The summed E-state index contributed by atoms with van der Waals surface area (Å²) in [5.74, 6) is -0.0488. The molecule has 1 aliphatic heterocycles. The Hall–Kier alpha value is -2.46. The maximum atomic E-state index is 14.1. The standard InChI is InChI=1S/C42H67N3O7/c1-25(2)33-27(46)22-42(30(47)24-44-18-20-45(21-19-44)36(43)51)17-16-40(8)26(34(33)42)10-11-29-39(7)14-13-31(52-32(48)23-37(3,4)35(49)50)38(5,6)28(39)12-15-41(29,40)9/h25-26,28-31,47H,10-24H2,1-9H3,(H2,43,51)(H,49,50)/t26-,28+,29-,30+,31+,39+,40-,41-,42+/m1/s1. The third-order valence-corrected chi connectivity index (χ3v) is 16.6. The van der Waals surface area contributed by atoms with E-state index in [0.717, 1.165) is 56.9 Å². The van der Waals surface area contributed by atoms with E-state index in [1.807, 2.05) is 0 Å². The maximum Gasteiger partial charge on any atom is 0.314 e. The number of urea groups is 1. The molecule has 10 heteroatoms. The minimum absolute atomic E-state index is 0.0316. The Bertz CT molecular complexity index is 1510. The Morgan fingerprint density at radius 2 is 1.56 bits per heavy atom. The summed E-state index contributed by atoms with van der Waals surface area (Å²) in [6, 6.07) is -0.400. The molecule has 0 unspecified atom stereocenters. The molecular weight excluding hydrogens is 658 g/mol. The summed E-state index contributed by atoms with van der Waals surface area (Å²) in [6.07, 6.45) is 7.03. The van der Waals surface area contributed by atoms with Crippen molar-refractivity contribution in [3.05, 3.63) is 11.1 Å². The van der Waals surface area contributed by atoms with Crippen molar-refractivity contribution in [3.63, 3.8) is 0 Å². The number of aliphatic carboxylic acids is 1. The summed E-state index contributed by atoms with van der Waals surface area (Å²) in [6.45, 7) is 22.5. The van der Waals surface area contributed by atoms with E-state index in [4.69, 9.17) is 10.5 Å². The van der Waals surface area contributed by atoms with E-state index in [-0.39, 0.29) is 51.8 Å². The van der Waals surface area contributed by atoms with Crippen molar-refractivity contribution < 1.29 is 34.1 Å². The van der Waals surface area contributed by atoms with Crippen LogP contribution in [0, 0.1) is 56.2 Å². The molecule has 52 heavy (non-hydrogen) atoms. The van der Waals surface area contributed by atoms with Crippen LogP contribution in [-0.4, -0.2) is 88.7 Å². The molecule has 0 spiro atoms. The first-order valence-corrected chi connectivity index (χ1v) is 20.2. The average Bonchev–Trinajstić information content (AvgIpc) is 3.36. The molecule has 6 rings (SSSR count). The number of β-amino-alcohol motifs (C(OH)–C–C–N with tert-alkyl or cyclic N) is 1. The van der Waals surface area contributed by atoms with Crippen molar-refractivity contribution in [1.29, 1.82) is 0 Å². The SMILES string of the molecule is CC(C)C1=C2[C@H]3CC[C@@H]4[C@@]5(C)CC[C@H](OC(=O)CC(C)(C)C(=O)O)C(C)(C)[C@@H]5CC[C@@]4(C)[C@]3(C)CC[C@@]2([C@@H](O)CN2CCN(C(N)=O)CC2)CC1=O. The number of hydrogen-bond acceptors (Lipinski definition) is 7. The summed E-state index contributed by atoms with van der Waals surface area (Å²) in [5.41, 5.74) is 5.87. The highest BCUT2D eigenvalue weighted by Crippen LogP contribution is 2.77. The molecule has 0 aromatic carbocycles. The van der Waals surface area contributed by atoms with Crippen LogP contribution in [0.25, 0.3) is 0 Å². The zero-order valence-corrected chi connectivity index (χ0v) is 33.5. The third kappa shape index (κ3) is 5.86.